The van der Waals surface area contributed by atoms with Crippen LogP contribution in [0.15, 0.2) is 4.99 Å². The van der Waals surface area contributed by atoms with E-state index in [1.165, 1.54) is 13.0 Å². The van der Waals surface area contributed by atoms with E-state index in [0.717, 1.165) is 13.0 Å². The van der Waals surface area contributed by atoms with Crippen LogP contribution in [0.25, 0.3) is 0 Å². The molecule has 0 amide bonds. The summed E-state index contributed by atoms with van der Waals surface area (Å²) in [6.07, 6.45) is 4.31. The summed E-state index contributed by atoms with van der Waals surface area (Å²) in [6.45, 7) is 4.50. The highest BCUT2D eigenvalue weighted by molar-refractivity contribution is 5.56. The summed E-state index contributed by atoms with van der Waals surface area (Å²) in [4.78, 5) is 6.22. The van der Waals surface area contributed by atoms with Gasteiger partial charge in [0.15, 0.2) is 0 Å². The van der Waals surface area contributed by atoms with Gasteiger partial charge in [0, 0.05) is 7.05 Å². The number of rotatable bonds is 5. The average molecular weight is 142 g/mol. The number of aliphatic imine (C=N–C) groups is 1. The molecule has 0 saturated heterocycles. The van der Waals surface area contributed by atoms with Gasteiger partial charge in [-0.15, -0.1) is 0 Å². The second-order valence-corrected chi connectivity index (χ2v) is 2.48. The monoisotopic (exact) mass is 142 g/mol. The van der Waals surface area contributed by atoms with Gasteiger partial charge in [-0.3, -0.25) is 0 Å². The first-order chi connectivity index (χ1) is 4.81. The third-order valence-corrected chi connectivity index (χ3v) is 1.60. The molecule has 60 valence electrons. The Bertz CT molecular complexity index is 89.3. The van der Waals surface area contributed by atoms with Crippen molar-refractivity contribution in [3.63, 3.8) is 0 Å². The molecule has 0 rings (SSSR count). The van der Waals surface area contributed by atoms with Crippen molar-refractivity contribution in [1.29, 1.82) is 0 Å². The fourth-order valence-corrected chi connectivity index (χ4v) is 0.740. The normalized spacial score (nSPS) is 11.6. The van der Waals surface area contributed by atoms with Crippen LogP contribution in [-0.2, 0) is 0 Å². The van der Waals surface area contributed by atoms with E-state index in [2.05, 4.69) is 23.9 Å². The lowest BCUT2D eigenvalue weighted by Crippen LogP contribution is -2.18. The average Bonchev–Trinajstić information content (AvgIpc) is 1.98. The Balaban J connectivity index is 3.03. The third-order valence-electron chi connectivity index (χ3n) is 1.60. The molecule has 0 N–H and O–H groups in total. The largest absolute Gasteiger partial charge is 0.307 e. The zero-order valence-corrected chi connectivity index (χ0v) is 7.30. The molecule has 0 fully saturated rings. The van der Waals surface area contributed by atoms with Crippen molar-refractivity contribution in [2.75, 3.05) is 27.2 Å². The summed E-state index contributed by atoms with van der Waals surface area (Å²) in [5.74, 6) is 0. The van der Waals surface area contributed by atoms with Gasteiger partial charge in [-0.1, -0.05) is 6.92 Å². The molecule has 0 aliphatic rings. The van der Waals surface area contributed by atoms with Gasteiger partial charge >= 0.3 is 0 Å². The molecule has 2 nitrogen and oxygen atoms in total. The summed E-state index contributed by atoms with van der Waals surface area (Å²) in [7, 11) is 3.96. The van der Waals surface area contributed by atoms with Crippen molar-refractivity contribution in [3.8, 4) is 0 Å². The van der Waals surface area contributed by atoms with Gasteiger partial charge in [-0.25, -0.2) is 0 Å². The molecule has 0 radical (unpaired) electrons. The molecule has 0 aliphatic heterocycles. The summed E-state index contributed by atoms with van der Waals surface area (Å²) in [5.41, 5.74) is 0. The second-order valence-electron chi connectivity index (χ2n) is 2.48. The van der Waals surface area contributed by atoms with E-state index in [0.29, 0.717) is 0 Å². The first-order valence-corrected chi connectivity index (χ1v) is 3.90. The molecule has 0 spiro atoms. The molecule has 0 aromatic heterocycles. The van der Waals surface area contributed by atoms with Gasteiger partial charge in [0.05, 0.1) is 0 Å². The lowest BCUT2D eigenvalue weighted by molar-refractivity contribution is 0.350. The minimum Gasteiger partial charge on any atom is -0.307 e. The molecular weight excluding hydrogens is 124 g/mol. The van der Waals surface area contributed by atoms with Crippen molar-refractivity contribution in [1.82, 2.24) is 4.90 Å². The Morgan fingerprint density at radius 3 is 2.70 bits per heavy atom. The maximum absolute atomic E-state index is 3.91. The zero-order chi connectivity index (χ0) is 7.82. The van der Waals surface area contributed by atoms with Crippen LogP contribution in [0.4, 0.5) is 0 Å². The van der Waals surface area contributed by atoms with E-state index < -0.39 is 0 Å². The molecular formula is C8H18N2. The van der Waals surface area contributed by atoms with Crippen LogP contribution < -0.4 is 0 Å². The number of unbranched alkanes of at least 4 members (excludes halogenated alkanes) is 1. The minimum absolute atomic E-state index is 1.11. The Hall–Kier alpha value is -0.370. The van der Waals surface area contributed by atoms with E-state index in [1.54, 1.807) is 0 Å². The quantitative estimate of drug-likeness (QED) is 0.418. The fourth-order valence-electron chi connectivity index (χ4n) is 0.740. The Morgan fingerprint density at radius 2 is 2.20 bits per heavy atom. The van der Waals surface area contributed by atoms with Crippen molar-refractivity contribution < 1.29 is 0 Å². The lowest BCUT2D eigenvalue weighted by atomic mass is 10.3. The van der Waals surface area contributed by atoms with Crippen molar-refractivity contribution in [2.24, 2.45) is 4.99 Å². The fraction of sp³-hybridized carbons (Fsp3) is 0.875. The summed E-state index contributed by atoms with van der Waals surface area (Å²) in [6, 6.07) is 0. The van der Waals surface area contributed by atoms with Crippen LogP contribution in [0.2, 0.25) is 0 Å². The van der Waals surface area contributed by atoms with Gasteiger partial charge in [0.1, 0.15) is 0 Å². The Morgan fingerprint density at radius 1 is 1.50 bits per heavy atom. The zero-order valence-electron chi connectivity index (χ0n) is 7.30. The standard InChI is InChI=1S/C8H18N2/c1-4-10(3)8-6-5-7-9-2/h7H,4-6,8H2,1-3H3/b9-7-. The molecule has 10 heavy (non-hydrogen) atoms. The van der Waals surface area contributed by atoms with Crippen LogP contribution in [0.5, 0.6) is 0 Å². The number of hydrogen-bond donors (Lipinski definition) is 0. The van der Waals surface area contributed by atoms with Crippen LogP contribution in [0.3, 0.4) is 0 Å². The molecule has 0 bridgehead atoms. The molecule has 0 aromatic carbocycles. The SMILES string of the molecule is CCN(C)CCC/C=N\C. The van der Waals surface area contributed by atoms with Gasteiger partial charge in [-0.2, -0.15) is 0 Å². The molecule has 0 aliphatic carbocycles. The second kappa shape index (κ2) is 6.75. The predicted octanol–water partition coefficient (Wildman–Crippen LogP) is 1.42. The Labute approximate surface area is 63.9 Å². The maximum Gasteiger partial charge on any atom is 0.0273 e. The molecule has 2 heteroatoms. The van der Waals surface area contributed by atoms with Gasteiger partial charge in [0.2, 0.25) is 0 Å². The highest BCUT2D eigenvalue weighted by atomic mass is 15.1. The van der Waals surface area contributed by atoms with Gasteiger partial charge in [-0.05, 0) is 39.2 Å². The van der Waals surface area contributed by atoms with E-state index in [1.807, 2.05) is 13.3 Å². The molecule has 0 saturated carbocycles. The number of nitrogens with zero attached hydrogens (tertiary/aromatic N) is 2. The molecule has 0 unspecified atom stereocenters. The summed E-state index contributed by atoms with van der Waals surface area (Å²) < 4.78 is 0. The van der Waals surface area contributed by atoms with Crippen LogP contribution in [0, 0.1) is 0 Å². The smallest absolute Gasteiger partial charge is 0.0273 e. The van der Waals surface area contributed by atoms with Crippen molar-refractivity contribution in [3.05, 3.63) is 0 Å². The first kappa shape index (κ1) is 9.63. The lowest BCUT2D eigenvalue weighted by Gasteiger charge is -2.11. The van der Waals surface area contributed by atoms with Gasteiger partial charge in [0.25, 0.3) is 0 Å². The van der Waals surface area contributed by atoms with E-state index >= 15 is 0 Å². The van der Waals surface area contributed by atoms with E-state index in [4.69, 9.17) is 0 Å². The maximum atomic E-state index is 3.91. The van der Waals surface area contributed by atoms with E-state index in [-0.39, 0.29) is 0 Å². The highest BCUT2D eigenvalue weighted by Gasteiger charge is 1.90. The summed E-state index contributed by atoms with van der Waals surface area (Å²) in [5, 5.41) is 0. The minimum atomic E-state index is 1.11. The van der Waals surface area contributed by atoms with Crippen molar-refractivity contribution >= 4 is 6.21 Å². The van der Waals surface area contributed by atoms with Gasteiger partial charge < -0.3 is 9.89 Å². The van der Waals surface area contributed by atoms with Crippen LogP contribution in [0.1, 0.15) is 19.8 Å². The van der Waals surface area contributed by atoms with Crippen LogP contribution >= 0.6 is 0 Å². The topological polar surface area (TPSA) is 15.6 Å². The van der Waals surface area contributed by atoms with E-state index in [9.17, 15) is 0 Å². The summed E-state index contributed by atoms with van der Waals surface area (Å²) >= 11 is 0. The molecule has 0 aromatic rings. The van der Waals surface area contributed by atoms with Crippen LogP contribution in [-0.4, -0.2) is 38.3 Å². The van der Waals surface area contributed by atoms with Crippen molar-refractivity contribution in [2.45, 2.75) is 19.8 Å². The predicted molar refractivity (Wildman–Crippen MR) is 46.8 cm³/mol. The molecule has 0 heterocycles. The number of hydrogen-bond acceptors (Lipinski definition) is 2. The first-order valence-electron chi connectivity index (χ1n) is 3.90. The third kappa shape index (κ3) is 5.76. The molecule has 0 atom stereocenters. The Kier molecular flexibility index (Phi) is 6.50. The highest BCUT2D eigenvalue weighted by Crippen LogP contribution is 1.89.